The highest BCUT2D eigenvalue weighted by molar-refractivity contribution is 6.01. The van der Waals surface area contributed by atoms with E-state index in [1.54, 1.807) is 31.3 Å². The summed E-state index contributed by atoms with van der Waals surface area (Å²) in [7, 11) is 3.15. The number of benzene rings is 2. The number of anilines is 2. The number of rotatable bonds is 5. The number of amides is 2. The summed E-state index contributed by atoms with van der Waals surface area (Å²) in [5.74, 6) is 0.899. The van der Waals surface area contributed by atoms with E-state index in [1.165, 1.54) is 11.3 Å². The van der Waals surface area contributed by atoms with Gasteiger partial charge in [-0.2, -0.15) is 0 Å². The maximum absolute atomic E-state index is 13.2. The highest BCUT2D eigenvalue weighted by atomic mass is 16.5. The Hall–Kier alpha value is -3.22. The van der Waals surface area contributed by atoms with Gasteiger partial charge >= 0.3 is 0 Å². The van der Waals surface area contributed by atoms with Gasteiger partial charge in [-0.3, -0.25) is 9.59 Å². The van der Waals surface area contributed by atoms with Crippen LogP contribution in [0.4, 0.5) is 11.4 Å². The number of carbonyl (C=O) groups excluding carboxylic acids is 2. The molecule has 0 saturated carbocycles. The normalized spacial score (nSPS) is 19.0. The highest BCUT2D eigenvalue weighted by Crippen LogP contribution is 2.36. The number of hydrogen-bond acceptors (Lipinski definition) is 5. The summed E-state index contributed by atoms with van der Waals surface area (Å²) in [5, 5.41) is 0. The van der Waals surface area contributed by atoms with E-state index in [2.05, 4.69) is 36.1 Å². The molecule has 2 saturated heterocycles. The number of hydrogen-bond donors (Lipinski definition) is 0. The summed E-state index contributed by atoms with van der Waals surface area (Å²) in [6.07, 6.45) is 0.228. The molecule has 7 heteroatoms. The Morgan fingerprint density at radius 3 is 2.45 bits per heavy atom. The van der Waals surface area contributed by atoms with Gasteiger partial charge < -0.3 is 24.2 Å². The van der Waals surface area contributed by atoms with Crippen LogP contribution in [0.3, 0.4) is 0 Å². The largest absolute Gasteiger partial charge is 0.497 e. The zero-order valence-electron chi connectivity index (χ0n) is 18.3. The smallest absolute Gasteiger partial charge is 0.228 e. The molecule has 2 aromatic carbocycles. The summed E-state index contributed by atoms with van der Waals surface area (Å²) in [6.45, 7) is 5.40. The standard InChI is InChI=1S/C24H29N3O4/c1-17-5-4-6-19(13-17)25-9-11-26(12-10-25)24(29)18-14-23(28)27(16-18)21-8-7-20(30-2)15-22(21)31-3/h4-8,13,15,18H,9-12,14,16H2,1-3H3. The van der Waals surface area contributed by atoms with Gasteiger partial charge in [0.2, 0.25) is 11.8 Å². The fourth-order valence-corrected chi connectivity index (χ4v) is 4.38. The summed E-state index contributed by atoms with van der Waals surface area (Å²) in [4.78, 5) is 31.7. The van der Waals surface area contributed by atoms with Crippen LogP contribution in [0.1, 0.15) is 12.0 Å². The Balaban J connectivity index is 1.40. The molecule has 2 aliphatic heterocycles. The molecule has 0 N–H and O–H groups in total. The molecule has 2 aromatic rings. The molecule has 0 aromatic heterocycles. The van der Waals surface area contributed by atoms with Gasteiger partial charge in [0.15, 0.2) is 0 Å². The zero-order valence-corrected chi connectivity index (χ0v) is 18.3. The third kappa shape index (κ3) is 4.31. The van der Waals surface area contributed by atoms with Crippen molar-refractivity contribution in [2.75, 3.05) is 56.7 Å². The second-order valence-corrected chi connectivity index (χ2v) is 8.09. The van der Waals surface area contributed by atoms with Gasteiger partial charge in [0.25, 0.3) is 0 Å². The summed E-state index contributed by atoms with van der Waals surface area (Å²) in [6, 6.07) is 13.8. The lowest BCUT2D eigenvalue weighted by Crippen LogP contribution is -2.50. The van der Waals surface area contributed by atoms with Crippen molar-refractivity contribution in [2.45, 2.75) is 13.3 Å². The first kappa shape index (κ1) is 21.0. The van der Waals surface area contributed by atoms with Gasteiger partial charge in [-0.05, 0) is 36.8 Å². The van der Waals surface area contributed by atoms with Crippen LogP contribution in [0.25, 0.3) is 0 Å². The fraction of sp³-hybridized carbons (Fsp3) is 0.417. The van der Waals surface area contributed by atoms with Crippen LogP contribution >= 0.6 is 0 Å². The van der Waals surface area contributed by atoms with Crippen LogP contribution in [0.2, 0.25) is 0 Å². The van der Waals surface area contributed by atoms with Crippen molar-refractivity contribution in [3.63, 3.8) is 0 Å². The van der Waals surface area contributed by atoms with Gasteiger partial charge in [-0.1, -0.05) is 12.1 Å². The summed E-state index contributed by atoms with van der Waals surface area (Å²) in [5.41, 5.74) is 3.10. The third-order valence-corrected chi connectivity index (χ3v) is 6.11. The summed E-state index contributed by atoms with van der Waals surface area (Å²) >= 11 is 0. The zero-order chi connectivity index (χ0) is 22.0. The molecule has 0 radical (unpaired) electrons. The molecular formula is C24H29N3O4. The minimum absolute atomic E-state index is 0.0554. The Morgan fingerprint density at radius 2 is 1.77 bits per heavy atom. The van der Waals surface area contributed by atoms with Crippen molar-refractivity contribution in [1.82, 2.24) is 4.90 Å². The van der Waals surface area contributed by atoms with E-state index in [0.29, 0.717) is 36.8 Å². The number of nitrogens with zero attached hydrogens (tertiary/aromatic N) is 3. The monoisotopic (exact) mass is 423 g/mol. The molecule has 164 valence electrons. The Bertz CT molecular complexity index is 969. The van der Waals surface area contributed by atoms with Crippen molar-refractivity contribution in [3.8, 4) is 11.5 Å². The van der Waals surface area contributed by atoms with Crippen LogP contribution in [-0.4, -0.2) is 63.7 Å². The van der Waals surface area contributed by atoms with Crippen molar-refractivity contribution in [2.24, 2.45) is 5.92 Å². The predicted molar refractivity (Wildman–Crippen MR) is 120 cm³/mol. The SMILES string of the molecule is COc1ccc(N2CC(C(=O)N3CCN(c4cccc(C)c4)CC3)CC2=O)c(OC)c1. The molecule has 2 fully saturated rings. The van der Waals surface area contributed by atoms with Gasteiger partial charge in [0.1, 0.15) is 11.5 Å². The van der Waals surface area contributed by atoms with Gasteiger partial charge in [0.05, 0.1) is 25.8 Å². The van der Waals surface area contributed by atoms with E-state index in [4.69, 9.17) is 9.47 Å². The third-order valence-electron chi connectivity index (χ3n) is 6.11. The van der Waals surface area contributed by atoms with E-state index >= 15 is 0 Å². The number of carbonyl (C=O) groups is 2. The van der Waals surface area contributed by atoms with E-state index in [-0.39, 0.29) is 24.2 Å². The number of piperazine rings is 1. The first-order valence-corrected chi connectivity index (χ1v) is 10.6. The van der Waals surface area contributed by atoms with Gasteiger partial charge in [-0.15, -0.1) is 0 Å². The Morgan fingerprint density at radius 1 is 1.00 bits per heavy atom. The molecule has 7 nitrogen and oxygen atoms in total. The van der Waals surface area contributed by atoms with Crippen molar-refractivity contribution in [1.29, 1.82) is 0 Å². The van der Waals surface area contributed by atoms with E-state index < -0.39 is 0 Å². The maximum atomic E-state index is 13.2. The van der Waals surface area contributed by atoms with E-state index in [1.807, 2.05) is 11.0 Å². The molecule has 4 rings (SSSR count). The summed E-state index contributed by atoms with van der Waals surface area (Å²) < 4.78 is 10.7. The average Bonchev–Trinajstić information content (AvgIpc) is 3.19. The Labute approximate surface area is 183 Å². The van der Waals surface area contributed by atoms with Crippen LogP contribution in [0.5, 0.6) is 11.5 Å². The lowest BCUT2D eigenvalue weighted by molar-refractivity contribution is -0.136. The highest BCUT2D eigenvalue weighted by Gasteiger charge is 2.38. The predicted octanol–water partition coefficient (Wildman–Crippen LogP) is 2.71. The first-order valence-electron chi connectivity index (χ1n) is 10.6. The Kier molecular flexibility index (Phi) is 6.02. The molecule has 2 aliphatic rings. The molecule has 1 unspecified atom stereocenters. The number of ether oxygens (including phenoxy) is 2. The van der Waals surface area contributed by atoms with Crippen LogP contribution in [0, 0.1) is 12.8 Å². The molecule has 1 atom stereocenters. The van der Waals surface area contributed by atoms with Crippen LogP contribution in [0.15, 0.2) is 42.5 Å². The fourth-order valence-electron chi connectivity index (χ4n) is 4.38. The number of aryl methyl sites for hydroxylation is 1. The van der Waals surface area contributed by atoms with Gasteiger partial charge in [-0.25, -0.2) is 0 Å². The van der Waals surface area contributed by atoms with E-state index in [0.717, 1.165) is 13.1 Å². The average molecular weight is 424 g/mol. The topological polar surface area (TPSA) is 62.3 Å². The maximum Gasteiger partial charge on any atom is 0.228 e. The molecule has 0 aliphatic carbocycles. The molecule has 0 spiro atoms. The lowest BCUT2D eigenvalue weighted by Gasteiger charge is -2.37. The van der Waals surface area contributed by atoms with Crippen LogP contribution < -0.4 is 19.3 Å². The molecule has 0 bridgehead atoms. The molecule has 31 heavy (non-hydrogen) atoms. The van der Waals surface area contributed by atoms with Crippen molar-refractivity contribution >= 4 is 23.2 Å². The van der Waals surface area contributed by atoms with Crippen molar-refractivity contribution in [3.05, 3.63) is 48.0 Å². The quantitative estimate of drug-likeness (QED) is 0.740. The molecular weight excluding hydrogens is 394 g/mol. The van der Waals surface area contributed by atoms with E-state index in [9.17, 15) is 9.59 Å². The second-order valence-electron chi connectivity index (χ2n) is 8.09. The van der Waals surface area contributed by atoms with Crippen molar-refractivity contribution < 1.29 is 19.1 Å². The minimum atomic E-state index is -0.329. The lowest BCUT2D eigenvalue weighted by atomic mass is 10.1. The number of methoxy groups -OCH3 is 2. The molecule has 2 heterocycles. The second kappa shape index (κ2) is 8.88. The molecule has 2 amide bonds. The first-order chi connectivity index (χ1) is 15.0. The van der Waals surface area contributed by atoms with Crippen LogP contribution in [-0.2, 0) is 9.59 Å². The minimum Gasteiger partial charge on any atom is -0.497 e. The van der Waals surface area contributed by atoms with Gasteiger partial charge in [0, 0.05) is 50.9 Å².